The number of fused-ring (bicyclic) bond motifs is 3. The predicted octanol–water partition coefficient (Wildman–Crippen LogP) is 1.38. The largest absolute Gasteiger partial charge is 0.439 e. The van der Waals surface area contributed by atoms with E-state index in [1.165, 1.54) is 6.42 Å². The monoisotopic (exact) mass is 215 g/mol. The molecule has 0 aliphatic carbocycles. The van der Waals surface area contributed by atoms with E-state index in [4.69, 9.17) is 4.42 Å². The highest BCUT2D eigenvalue weighted by Crippen LogP contribution is 2.32. The molecule has 2 aliphatic heterocycles. The third-order valence-corrected chi connectivity index (χ3v) is 3.61. The van der Waals surface area contributed by atoms with Crippen LogP contribution in [0.1, 0.15) is 6.42 Å². The Morgan fingerprint density at radius 3 is 3.25 bits per heavy atom. The average Bonchev–Trinajstić information content (AvgIpc) is 3.02. The molecule has 16 heavy (non-hydrogen) atoms. The Balaban J connectivity index is 1.76. The molecule has 2 aliphatic rings. The van der Waals surface area contributed by atoms with Crippen molar-refractivity contribution in [2.45, 2.75) is 18.5 Å². The molecule has 82 valence electrons. The normalized spacial score (nSPS) is 28.1. The molecule has 4 heterocycles. The lowest BCUT2D eigenvalue weighted by atomic mass is 10.2. The van der Waals surface area contributed by atoms with E-state index in [1.54, 1.807) is 6.20 Å². The van der Waals surface area contributed by atoms with Crippen molar-refractivity contribution in [3.63, 3.8) is 0 Å². The van der Waals surface area contributed by atoms with E-state index in [9.17, 15) is 0 Å². The number of nitrogens with zero attached hydrogens (tertiary/aromatic N) is 2. The Morgan fingerprint density at radius 1 is 1.50 bits per heavy atom. The maximum Gasteiger partial charge on any atom is 0.198 e. The third kappa shape index (κ3) is 1.10. The summed E-state index contributed by atoms with van der Waals surface area (Å²) < 4.78 is 5.84. The molecule has 0 saturated carbocycles. The molecule has 0 spiro atoms. The van der Waals surface area contributed by atoms with Crippen molar-refractivity contribution < 1.29 is 4.42 Å². The van der Waals surface area contributed by atoms with Crippen LogP contribution >= 0.6 is 0 Å². The van der Waals surface area contributed by atoms with Gasteiger partial charge in [-0.2, -0.15) is 0 Å². The first-order valence-corrected chi connectivity index (χ1v) is 5.75. The minimum Gasteiger partial charge on any atom is -0.439 e. The second-order valence-corrected chi connectivity index (χ2v) is 4.62. The predicted molar refractivity (Wildman–Crippen MR) is 61.6 cm³/mol. The lowest BCUT2D eigenvalue weighted by molar-refractivity contribution is 0.523. The maximum absolute atomic E-state index is 5.84. The molecule has 2 atom stereocenters. The number of furan rings is 1. The van der Waals surface area contributed by atoms with Gasteiger partial charge in [0.15, 0.2) is 11.5 Å². The van der Waals surface area contributed by atoms with E-state index >= 15 is 0 Å². The van der Waals surface area contributed by atoms with Crippen LogP contribution < -0.4 is 10.2 Å². The van der Waals surface area contributed by atoms with E-state index < -0.39 is 0 Å². The van der Waals surface area contributed by atoms with Gasteiger partial charge in [-0.3, -0.25) is 4.98 Å². The van der Waals surface area contributed by atoms with Gasteiger partial charge in [0.25, 0.3) is 0 Å². The van der Waals surface area contributed by atoms with Crippen LogP contribution in [-0.4, -0.2) is 30.2 Å². The highest BCUT2D eigenvalue weighted by molar-refractivity contribution is 5.76. The molecule has 2 saturated heterocycles. The third-order valence-electron chi connectivity index (χ3n) is 3.61. The van der Waals surface area contributed by atoms with E-state index in [-0.39, 0.29) is 0 Å². The second kappa shape index (κ2) is 2.98. The summed E-state index contributed by atoms with van der Waals surface area (Å²) >= 11 is 0. The molecule has 4 rings (SSSR count). The first-order valence-electron chi connectivity index (χ1n) is 5.75. The Hall–Kier alpha value is -1.55. The summed E-state index contributed by atoms with van der Waals surface area (Å²) in [4.78, 5) is 6.66. The SMILES string of the molecule is c1cnc2cc(N3C[C@H]4C[C@H]3CN4)oc2c1. The molecule has 2 aromatic rings. The van der Waals surface area contributed by atoms with Crippen LogP contribution in [0.25, 0.3) is 11.1 Å². The Kier molecular flexibility index (Phi) is 1.60. The quantitative estimate of drug-likeness (QED) is 0.780. The van der Waals surface area contributed by atoms with Gasteiger partial charge in [0, 0.05) is 37.4 Å². The molecule has 4 nitrogen and oxygen atoms in total. The second-order valence-electron chi connectivity index (χ2n) is 4.62. The number of hydrogen-bond acceptors (Lipinski definition) is 4. The number of aromatic nitrogens is 1. The zero-order valence-electron chi connectivity index (χ0n) is 8.89. The van der Waals surface area contributed by atoms with Gasteiger partial charge >= 0.3 is 0 Å². The van der Waals surface area contributed by atoms with Gasteiger partial charge in [0.05, 0.1) is 0 Å². The summed E-state index contributed by atoms with van der Waals surface area (Å²) in [5.41, 5.74) is 1.83. The van der Waals surface area contributed by atoms with Crippen molar-refractivity contribution in [1.82, 2.24) is 10.3 Å². The van der Waals surface area contributed by atoms with Gasteiger partial charge in [0.2, 0.25) is 0 Å². The van der Waals surface area contributed by atoms with Gasteiger partial charge in [-0.15, -0.1) is 0 Å². The first-order chi connectivity index (χ1) is 7.90. The van der Waals surface area contributed by atoms with Gasteiger partial charge in [0.1, 0.15) is 5.52 Å². The van der Waals surface area contributed by atoms with Crippen LogP contribution in [0.4, 0.5) is 5.88 Å². The smallest absolute Gasteiger partial charge is 0.198 e. The fourth-order valence-electron chi connectivity index (χ4n) is 2.83. The molecule has 2 aromatic heterocycles. The summed E-state index contributed by atoms with van der Waals surface area (Å²) in [5.74, 6) is 0.975. The van der Waals surface area contributed by atoms with Crippen molar-refractivity contribution in [3.05, 3.63) is 24.4 Å². The van der Waals surface area contributed by atoms with Crippen LogP contribution in [0.5, 0.6) is 0 Å². The zero-order chi connectivity index (χ0) is 10.5. The molecular formula is C12H13N3O. The summed E-state index contributed by atoms with van der Waals surface area (Å²) in [5, 5.41) is 3.49. The number of hydrogen-bond donors (Lipinski definition) is 1. The van der Waals surface area contributed by atoms with E-state index in [0.29, 0.717) is 12.1 Å². The topological polar surface area (TPSA) is 41.3 Å². The highest BCUT2D eigenvalue weighted by Gasteiger charge is 2.38. The number of piperazine rings is 1. The fraction of sp³-hybridized carbons (Fsp3) is 0.417. The van der Waals surface area contributed by atoms with Crippen LogP contribution in [0.3, 0.4) is 0 Å². The molecule has 0 radical (unpaired) electrons. The van der Waals surface area contributed by atoms with Crippen LogP contribution in [-0.2, 0) is 0 Å². The number of nitrogens with one attached hydrogen (secondary N) is 1. The fourth-order valence-corrected chi connectivity index (χ4v) is 2.83. The molecule has 2 fully saturated rings. The molecule has 0 unspecified atom stereocenters. The first kappa shape index (κ1) is 8.58. The Labute approximate surface area is 93.2 Å². The summed E-state index contributed by atoms with van der Waals surface area (Å²) in [6.07, 6.45) is 3.05. The minimum absolute atomic E-state index is 0.602. The minimum atomic E-state index is 0.602. The van der Waals surface area contributed by atoms with Crippen LogP contribution in [0, 0.1) is 0 Å². The molecule has 0 amide bonds. The standard InChI is InChI=1S/C12H13N3O/c1-2-11-10(13-3-1)5-12(16-11)15-7-8-4-9(15)6-14-8/h1-3,5,8-9,14H,4,6-7H2/t8-,9+/m1/s1. The van der Waals surface area contributed by atoms with Gasteiger partial charge < -0.3 is 14.6 Å². The zero-order valence-corrected chi connectivity index (χ0v) is 8.89. The van der Waals surface area contributed by atoms with E-state index in [1.807, 2.05) is 12.1 Å². The molecule has 2 bridgehead atoms. The number of pyridine rings is 1. The van der Waals surface area contributed by atoms with Crippen molar-refractivity contribution in [1.29, 1.82) is 0 Å². The van der Waals surface area contributed by atoms with Crippen molar-refractivity contribution in [3.8, 4) is 0 Å². The number of rotatable bonds is 1. The van der Waals surface area contributed by atoms with Gasteiger partial charge in [-0.25, -0.2) is 0 Å². The van der Waals surface area contributed by atoms with Crippen LogP contribution in [0.15, 0.2) is 28.8 Å². The van der Waals surface area contributed by atoms with Gasteiger partial charge in [-0.1, -0.05) is 0 Å². The molecule has 0 aromatic carbocycles. The molecule has 1 N–H and O–H groups in total. The molecular weight excluding hydrogens is 202 g/mol. The summed E-state index contributed by atoms with van der Waals surface area (Å²) in [6.45, 7) is 2.14. The lowest BCUT2D eigenvalue weighted by Gasteiger charge is -2.26. The van der Waals surface area contributed by atoms with Gasteiger partial charge in [-0.05, 0) is 18.6 Å². The Morgan fingerprint density at radius 2 is 2.50 bits per heavy atom. The number of anilines is 1. The van der Waals surface area contributed by atoms with Crippen molar-refractivity contribution in [2.75, 3.05) is 18.0 Å². The summed E-state index contributed by atoms with van der Waals surface area (Å²) in [6, 6.07) is 7.18. The Bertz CT molecular complexity index is 503. The highest BCUT2D eigenvalue weighted by atomic mass is 16.4. The average molecular weight is 215 g/mol. The maximum atomic E-state index is 5.84. The van der Waals surface area contributed by atoms with Crippen LogP contribution in [0.2, 0.25) is 0 Å². The van der Waals surface area contributed by atoms with Crippen molar-refractivity contribution in [2.24, 2.45) is 0 Å². The van der Waals surface area contributed by atoms with E-state index in [2.05, 4.69) is 21.3 Å². The lowest BCUT2D eigenvalue weighted by Crippen LogP contribution is -2.43. The summed E-state index contributed by atoms with van der Waals surface area (Å²) in [7, 11) is 0. The van der Waals surface area contributed by atoms with E-state index in [0.717, 1.165) is 30.1 Å². The van der Waals surface area contributed by atoms with Crippen molar-refractivity contribution >= 4 is 17.0 Å². The molecule has 4 heteroatoms.